The van der Waals surface area contributed by atoms with Crippen LogP contribution in [0.2, 0.25) is 0 Å². The average Bonchev–Trinajstić information content (AvgIpc) is 3.29. The molecule has 4 rings (SSSR count). The van der Waals surface area contributed by atoms with Crippen molar-refractivity contribution < 1.29 is 4.79 Å². The molecular weight excluding hydrogens is 366 g/mol. The highest BCUT2D eigenvalue weighted by atomic mass is 16.2. The van der Waals surface area contributed by atoms with E-state index in [9.17, 15) is 4.79 Å². The van der Waals surface area contributed by atoms with Gasteiger partial charge in [-0.2, -0.15) is 0 Å². The molecule has 1 unspecified atom stereocenters. The van der Waals surface area contributed by atoms with Gasteiger partial charge in [0.15, 0.2) is 0 Å². The van der Waals surface area contributed by atoms with Crippen LogP contribution in [0.4, 0.5) is 0 Å². The van der Waals surface area contributed by atoms with Crippen molar-refractivity contribution in [2.45, 2.75) is 38.8 Å². The predicted molar refractivity (Wildman–Crippen MR) is 108 cm³/mol. The van der Waals surface area contributed by atoms with Gasteiger partial charge in [0, 0.05) is 24.3 Å². The molecule has 1 aliphatic heterocycles. The van der Waals surface area contributed by atoms with Crippen molar-refractivity contribution in [3.05, 3.63) is 66.3 Å². The fourth-order valence-electron chi connectivity index (χ4n) is 3.65. The van der Waals surface area contributed by atoms with E-state index in [0.29, 0.717) is 18.2 Å². The molecule has 150 valence electrons. The molecule has 1 N–H and O–H groups in total. The van der Waals surface area contributed by atoms with E-state index < -0.39 is 6.04 Å². The molecule has 1 saturated heterocycles. The lowest BCUT2D eigenvalue weighted by Crippen LogP contribution is -2.43. The Bertz CT molecular complexity index is 937. The van der Waals surface area contributed by atoms with Gasteiger partial charge in [-0.15, -0.1) is 0 Å². The molecule has 1 amide bonds. The number of nitrogens with zero attached hydrogens (tertiary/aromatic N) is 6. The van der Waals surface area contributed by atoms with E-state index in [1.54, 1.807) is 29.5 Å². The van der Waals surface area contributed by atoms with Crippen molar-refractivity contribution >= 4 is 5.91 Å². The molecule has 8 nitrogen and oxygen atoms in total. The van der Waals surface area contributed by atoms with Crippen molar-refractivity contribution in [2.75, 3.05) is 13.1 Å². The maximum absolute atomic E-state index is 13.3. The molecule has 0 aromatic carbocycles. The Morgan fingerprint density at radius 2 is 2.03 bits per heavy atom. The molecule has 3 aromatic heterocycles. The number of carbonyl (C=O) groups excluding carboxylic acids is 1. The van der Waals surface area contributed by atoms with Gasteiger partial charge in [0.05, 0.1) is 17.9 Å². The second-order valence-corrected chi connectivity index (χ2v) is 7.24. The van der Waals surface area contributed by atoms with Crippen LogP contribution in [-0.2, 0) is 11.3 Å². The Morgan fingerprint density at radius 3 is 2.76 bits per heavy atom. The minimum absolute atomic E-state index is 0.0627. The summed E-state index contributed by atoms with van der Waals surface area (Å²) < 4.78 is 1.76. The first-order chi connectivity index (χ1) is 14.2. The van der Waals surface area contributed by atoms with E-state index in [2.05, 4.69) is 25.2 Å². The highest BCUT2D eigenvalue weighted by Crippen LogP contribution is 2.25. The Kier molecular flexibility index (Phi) is 5.90. The molecule has 1 fully saturated rings. The SMILES string of the molecule is Cc1cc(C(C(=O)NCc2ccccn2)N2CCCCC2)nc(-n2ccnc2)n1. The molecular formula is C21H25N7O. The third-order valence-corrected chi connectivity index (χ3v) is 5.05. The van der Waals surface area contributed by atoms with Crippen LogP contribution in [0, 0.1) is 6.92 Å². The molecule has 8 heteroatoms. The van der Waals surface area contributed by atoms with Gasteiger partial charge >= 0.3 is 0 Å². The molecule has 0 aliphatic carbocycles. The third-order valence-electron chi connectivity index (χ3n) is 5.05. The molecule has 4 heterocycles. The van der Waals surface area contributed by atoms with Crippen molar-refractivity contribution in [2.24, 2.45) is 0 Å². The summed E-state index contributed by atoms with van der Waals surface area (Å²) in [6.45, 7) is 4.07. The summed E-state index contributed by atoms with van der Waals surface area (Å²) in [6.07, 6.45) is 10.2. The van der Waals surface area contributed by atoms with E-state index in [1.165, 1.54) is 6.42 Å². The first-order valence-corrected chi connectivity index (χ1v) is 9.96. The van der Waals surface area contributed by atoms with Gasteiger partial charge in [0.2, 0.25) is 11.9 Å². The van der Waals surface area contributed by atoms with E-state index in [-0.39, 0.29) is 5.91 Å². The Labute approximate surface area is 170 Å². The van der Waals surface area contributed by atoms with E-state index in [1.807, 2.05) is 31.2 Å². The first kappa shape index (κ1) is 19.2. The van der Waals surface area contributed by atoms with Crippen LogP contribution in [-0.4, -0.2) is 48.4 Å². The summed E-state index contributed by atoms with van der Waals surface area (Å²) in [5, 5.41) is 3.05. The number of imidazole rings is 1. The first-order valence-electron chi connectivity index (χ1n) is 9.96. The fourth-order valence-corrected chi connectivity index (χ4v) is 3.65. The summed E-state index contributed by atoms with van der Waals surface area (Å²) in [4.78, 5) is 33.1. The summed E-state index contributed by atoms with van der Waals surface area (Å²) in [6, 6.07) is 7.13. The lowest BCUT2D eigenvalue weighted by Gasteiger charge is -2.33. The van der Waals surface area contributed by atoms with Gasteiger partial charge in [0.25, 0.3) is 0 Å². The van der Waals surface area contributed by atoms with E-state index >= 15 is 0 Å². The zero-order valence-corrected chi connectivity index (χ0v) is 16.5. The number of nitrogens with one attached hydrogen (secondary N) is 1. The van der Waals surface area contributed by atoms with Gasteiger partial charge < -0.3 is 5.32 Å². The number of pyridine rings is 1. The molecule has 3 aromatic rings. The molecule has 0 saturated carbocycles. The summed E-state index contributed by atoms with van der Waals surface area (Å²) in [7, 11) is 0. The van der Waals surface area contributed by atoms with Crippen LogP contribution in [0.3, 0.4) is 0 Å². The van der Waals surface area contributed by atoms with Crippen molar-refractivity contribution in [3.8, 4) is 5.95 Å². The quantitative estimate of drug-likeness (QED) is 0.693. The van der Waals surface area contributed by atoms with Crippen molar-refractivity contribution in [1.29, 1.82) is 0 Å². The van der Waals surface area contributed by atoms with Gasteiger partial charge in [-0.25, -0.2) is 15.0 Å². The minimum atomic E-state index is -0.456. The van der Waals surface area contributed by atoms with Crippen LogP contribution in [0.1, 0.15) is 42.4 Å². The van der Waals surface area contributed by atoms with Crippen LogP contribution in [0.5, 0.6) is 0 Å². The van der Waals surface area contributed by atoms with Crippen LogP contribution < -0.4 is 5.32 Å². The highest BCUT2D eigenvalue weighted by Gasteiger charge is 2.30. The fraction of sp³-hybridized carbons (Fsp3) is 0.381. The number of hydrogen-bond donors (Lipinski definition) is 1. The standard InChI is InChI=1S/C21H25N7O/c1-16-13-18(26-21(25-16)28-12-9-22-15-28)19(27-10-5-2-6-11-27)20(29)24-14-17-7-3-4-8-23-17/h3-4,7-9,12-13,15,19H,2,5-6,10-11,14H2,1H3,(H,24,29). The lowest BCUT2D eigenvalue weighted by atomic mass is 10.0. The Balaban J connectivity index is 1.62. The molecule has 0 spiro atoms. The summed E-state index contributed by atoms with van der Waals surface area (Å²) >= 11 is 0. The number of rotatable bonds is 6. The monoisotopic (exact) mass is 391 g/mol. The lowest BCUT2D eigenvalue weighted by molar-refractivity contribution is -0.127. The zero-order chi connectivity index (χ0) is 20.1. The van der Waals surface area contributed by atoms with E-state index in [0.717, 1.165) is 37.3 Å². The van der Waals surface area contributed by atoms with Gasteiger partial charge in [-0.3, -0.25) is 19.2 Å². The number of aryl methyl sites for hydroxylation is 1. The number of amides is 1. The highest BCUT2D eigenvalue weighted by molar-refractivity contribution is 5.82. The summed E-state index contributed by atoms with van der Waals surface area (Å²) in [5.41, 5.74) is 2.36. The smallest absolute Gasteiger partial charge is 0.243 e. The Morgan fingerprint density at radius 1 is 1.17 bits per heavy atom. The van der Waals surface area contributed by atoms with Gasteiger partial charge in [-0.05, 0) is 51.1 Å². The molecule has 1 atom stereocenters. The zero-order valence-electron chi connectivity index (χ0n) is 16.5. The van der Waals surface area contributed by atoms with Gasteiger partial charge in [-0.1, -0.05) is 12.5 Å². The largest absolute Gasteiger partial charge is 0.349 e. The minimum Gasteiger partial charge on any atom is -0.349 e. The van der Waals surface area contributed by atoms with Crippen LogP contribution in [0.15, 0.2) is 49.2 Å². The van der Waals surface area contributed by atoms with Crippen molar-refractivity contribution in [3.63, 3.8) is 0 Å². The number of carbonyl (C=O) groups is 1. The second kappa shape index (κ2) is 8.91. The molecule has 1 aliphatic rings. The number of likely N-dealkylation sites (tertiary alicyclic amines) is 1. The van der Waals surface area contributed by atoms with Crippen LogP contribution in [0.25, 0.3) is 5.95 Å². The maximum Gasteiger partial charge on any atom is 0.243 e. The predicted octanol–water partition coefficient (Wildman–Crippen LogP) is 2.21. The van der Waals surface area contributed by atoms with Crippen LogP contribution >= 0.6 is 0 Å². The molecule has 29 heavy (non-hydrogen) atoms. The second-order valence-electron chi connectivity index (χ2n) is 7.24. The maximum atomic E-state index is 13.3. The Hall–Kier alpha value is -3.13. The van der Waals surface area contributed by atoms with Crippen molar-refractivity contribution in [1.82, 2.24) is 34.7 Å². The topological polar surface area (TPSA) is 88.8 Å². The third kappa shape index (κ3) is 4.65. The normalized spacial score (nSPS) is 15.8. The van der Waals surface area contributed by atoms with Gasteiger partial charge in [0.1, 0.15) is 12.4 Å². The number of aromatic nitrogens is 5. The number of hydrogen-bond acceptors (Lipinski definition) is 6. The molecule has 0 radical (unpaired) electrons. The number of piperidine rings is 1. The van der Waals surface area contributed by atoms with E-state index in [4.69, 9.17) is 4.98 Å². The average molecular weight is 391 g/mol. The summed E-state index contributed by atoms with van der Waals surface area (Å²) in [5.74, 6) is 0.462. The molecule has 0 bridgehead atoms.